The van der Waals surface area contributed by atoms with Crippen molar-refractivity contribution in [3.05, 3.63) is 34.9 Å². The van der Waals surface area contributed by atoms with Crippen molar-refractivity contribution in [3.63, 3.8) is 0 Å². The minimum atomic E-state index is 0.585. The second kappa shape index (κ2) is 6.91. The molecule has 1 aliphatic carbocycles. The Kier molecular flexibility index (Phi) is 5.21. The number of unbranched alkanes of at least 4 members (excludes halogenated alkanes) is 2. The molecule has 18 heavy (non-hydrogen) atoms. The van der Waals surface area contributed by atoms with Crippen LogP contribution in [0.2, 0.25) is 0 Å². The molecule has 0 aliphatic heterocycles. The van der Waals surface area contributed by atoms with E-state index in [1.807, 2.05) is 0 Å². The summed E-state index contributed by atoms with van der Waals surface area (Å²) >= 11 is 0. The molecular formula is C16H25NO. The number of fused-ring (bicyclic) bond motifs is 1. The zero-order chi connectivity index (χ0) is 12.8. The summed E-state index contributed by atoms with van der Waals surface area (Å²) in [5.74, 6) is 0. The summed E-state index contributed by atoms with van der Waals surface area (Å²) in [6, 6.07) is 7.46. The normalized spacial score (nSPS) is 18.0. The quantitative estimate of drug-likeness (QED) is 0.746. The second-order valence-electron chi connectivity index (χ2n) is 5.30. The molecule has 0 bridgehead atoms. The average molecular weight is 247 g/mol. The first-order chi connectivity index (χ1) is 8.81. The van der Waals surface area contributed by atoms with Gasteiger partial charge < -0.3 is 10.1 Å². The molecule has 100 valence electrons. The van der Waals surface area contributed by atoms with E-state index in [4.69, 9.17) is 4.74 Å². The van der Waals surface area contributed by atoms with Crippen molar-refractivity contribution < 1.29 is 4.74 Å². The lowest BCUT2D eigenvalue weighted by atomic mass is 10.0. The van der Waals surface area contributed by atoms with E-state index in [2.05, 4.69) is 30.4 Å². The molecule has 1 N–H and O–H groups in total. The van der Waals surface area contributed by atoms with Gasteiger partial charge in [0, 0.05) is 19.8 Å². The Morgan fingerprint density at radius 3 is 3.00 bits per heavy atom. The second-order valence-corrected chi connectivity index (χ2v) is 5.30. The molecule has 2 nitrogen and oxygen atoms in total. The van der Waals surface area contributed by atoms with Gasteiger partial charge in [-0.1, -0.05) is 23.8 Å². The fourth-order valence-corrected chi connectivity index (χ4v) is 2.76. The Balaban J connectivity index is 1.74. The fourth-order valence-electron chi connectivity index (χ4n) is 2.76. The maximum atomic E-state index is 5.06. The number of benzene rings is 1. The summed E-state index contributed by atoms with van der Waals surface area (Å²) in [5.41, 5.74) is 4.45. The van der Waals surface area contributed by atoms with Gasteiger partial charge in [0.1, 0.15) is 0 Å². The summed E-state index contributed by atoms with van der Waals surface area (Å²) in [7, 11) is 1.77. The predicted octanol–water partition coefficient (Wildman–Crippen LogP) is 3.39. The molecule has 2 heteroatoms. The highest BCUT2D eigenvalue weighted by molar-refractivity contribution is 5.37. The first-order valence-corrected chi connectivity index (χ1v) is 7.13. The smallest absolute Gasteiger partial charge is 0.0462 e. The van der Waals surface area contributed by atoms with Gasteiger partial charge in [0.15, 0.2) is 0 Å². The SMILES string of the molecule is COCCCCCNC1CCc2ccc(C)cc21. The lowest BCUT2D eigenvalue weighted by Gasteiger charge is -2.14. The van der Waals surface area contributed by atoms with Crippen LogP contribution in [0.25, 0.3) is 0 Å². The molecule has 0 radical (unpaired) electrons. The third-order valence-electron chi connectivity index (χ3n) is 3.80. The van der Waals surface area contributed by atoms with Gasteiger partial charge in [-0.25, -0.2) is 0 Å². The van der Waals surface area contributed by atoms with Crippen molar-refractivity contribution in [2.75, 3.05) is 20.3 Å². The van der Waals surface area contributed by atoms with Gasteiger partial charge in [0.05, 0.1) is 0 Å². The molecule has 0 saturated heterocycles. The molecule has 1 aromatic rings. The standard InChI is InChI=1S/C16H25NO/c1-13-6-7-14-8-9-16(15(14)12-13)17-10-4-3-5-11-18-2/h6-7,12,16-17H,3-5,8-11H2,1-2H3. The van der Waals surface area contributed by atoms with Gasteiger partial charge in [0.2, 0.25) is 0 Å². The van der Waals surface area contributed by atoms with Crippen LogP contribution in [0.15, 0.2) is 18.2 Å². The van der Waals surface area contributed by atoms with Gasteiger partial charge >= 0.3 is 0 Å². The Labute approximate surface area is 111 Å². The molecule has 0 heterocycles. The zero-order valence-corrected chi connectivity index (χ0v) is 11.7. The number of hydrogen-bond donors (Lipinski definition) is 1. The third kappa shape index (κ3) is 3.56. The van der Waals surface area contributed by atoms with Gasteiger partial charge in [-0.05, 0) is 56.7 Å². The summed E-state index contributed by atoms with van der Waals surface area (Å²) < 4.78 is 5.06. The van der Waals surface area contributed by atoms with Crippen molar-refractivity contribution in [2.24, 2.45) is 0 Å². The number of nitrogens with one attached hydrogen (secondary N) is 1. The topological polar surface area (TPSA) is 21.3 Å². The average Bonchev–Trinajstić information content (AvgIpc) is 2.76. The van der Waals surface area contributed by atoms with Crippen LogP contribution >= 0.6 is 0 Å². The van der Waals surface area contributed by atoms with E-state index in [1.54, 1.807) is 7.11 Å². The van der Waals surface area contributed by atoms with Crippen LogP contribution in [0.5, 0.6) is 0 Å². The number of methoxy groups -OCH3 is 1. The number of rotatable bonds is 7. The highest BCUT2D eigenvalue weighted by Crippen LogP contribution is 2.31. The van der Waals surface area contributed by atoms with Crippen LogP contribution in [0.3, 0.4) is 0 Å². The molecule has 1 atom stereocenters. The number of ether oxygens (including phenoxy) is 1. The summed E-state index contributed by atoms with van der Waals surface area (Å²) in [4.78, 5) is 0. The summed E-state index contributed by atoms with van der Waals surface area (Å²) in [6.07, 6.45) is 6.18. The first kappa shape index (κ1) is 13.6. The molecule has 1 aliphatic rings. The molecule has 2 rings (SSSR count). The maximum Gasteiger partial charge on any atom is 0.0462 e. The monoisotopic (exact) mass is 247 g/mol. The van der Waals surface area contributed by atoms with Crippen molar-refractivity contribution in [3.8, 4) is 0 Å². The molecule has 0 fully saturated rings. The van der Waals surface area contributed by atoms with Crippen molar-refractivity contribution in [2.45, 2.75) is 45.1 Å². The van der Waals surface area contributed by atoms with Crippen LogP contribution in [0.4, 0.5) is 0 Å². The third-order valence-corrected chi connectivity index (χ3v) is 3.80. The van der Waals surface area contributed by atoms with Crippen LogP contribution in [-0.2, 0) is 11.2 Å². The lowest BCUT2D eigenvalue weighted by molar-refractivity contribution is 0.192. The predicted molar refractivity (Wildman–Crippen MR) is 76.0 cm³/mol. The van der Waals surface area contributed by atoms with E-state index in [-0.39, 0.29) is 0 Å². The molecule has 0 saturated carbocycles. The fraction of sp³-hybridized carbons (Fsp3) is 0.625. The van der Waals surface area contributed by atoms with Crippen molar-refractivity contribution in [1.29, 1.82) is 0 Å². The van der Waals surface area contributed by atoms with E-state index < -0.39 is 0 Å². The lowest BCUT2D eigenvalue weighted by Crippen LogP contribution is -2.20. The number of hydrogen-bond acceptors (Lipinski definition) is 2. The summed E-state index contributed by atoms with van der Waals surface area (Å²) in [5, 5.41) is 3.70. The zero-order valence-electron chi connectivity index (χ0n) is 11.7. The maximum absolute atomic E-state index is 5.06. The van der Waals surface area contributed by atoms with Gasteiger partial charge in [-0.3, -0.25) is 0 Å². The molecule has 1 unspecified atom stereocenters. The molecular weight excluding hydrogens is 222 g/mol. The Morgan fingerprint density at radius 1 is 1.28 bits per heavy atom. The molecule has 0 aromatic heterocycles. The minimum Gasteiger partial charge on any atom is -0.385 e. The van der Waals surface area contributed by atoms with Gasteiger partial charge in [0.25, 0.3) is 0 Å². The Hall–Kier alpha value is -0.860. The van der Waals surface area contributed by atoms with E-state index >= 15 is 0 Å². The van der Waals surface area contributed by atoms with Crippen molar-refractivity contribution >= 4 is 0 Å². The highest BCUT2D eigenvalue weighted by atomic mass is 16.5. The largest absolute Gasteiger partial charge is 0.385 e. The van der Waals surface area contributed by atoms with E-state index in [9.17, 15) is 0 Å². The van der Waals surface area contributed by atoms with E-state index in [0.29, 0.717) is 6.04 Å². The number of aryl methyl sites for hydroxylation is 2. The first-order valence-electron chi connectivity index (χ1n) is 7.13. The molecule has 0 spiro atoms. The van der Waals surface area contributed by atoms with E-state index in [1.165, 1.54) is 48.8 Å². The Bertz CT molecular complexity index is 375. The van der Waals surface area contributed by atoms with Gasteiger partial charge in [-0.2, -0.15) is 0 Å². The van der Waals surface area contributed by atoms with E-state index in [0.717, 1.165) is 13.2 Å². The summed E-state index contributed by atoms with van der Waals surface area (Å²) in [6.45, 7) is 4.20. The van der Waals surface area contributed by atoms with Crippen LogP contribution < -0.4 is 5.32 Å². The van der Waals surface area contributed by atoms with Crippen molar-refractivity contribution in [1.82, 2.24) is 5.32 Å². The Morgan fingerprint density at radius 2 is 2.17 bits per heavy atom. The van der Waals surface area contributed by atoms with Gasteiger partial charge in [-0.15, -0.1) is 0 Å². The molecule has 0 amide bonds. The van der Waals surface area contributed by atoms with Crippen LogP contribution in [0.1, 0.15) is 48.4 Å². The highest BCUT2D eigenvalue weighted by Gasteiger charge is 2.21. The molecule has 1 aromatic carbocycles. The van der Waals surface area contributed by atoms with Crippen LogP contribution in [-0.4, -0.2) is 20.3 Å². The van der Waals surface area contributed by atoms with Crippen LogP contribution in [0, 0.1) is 6.92 Å². The minimum absolute atomic E-state index is 0.585.